The first-order valence-corrected chi connectivity index (χ1v) is 11.6. The lowest BCUT2D eigenvalue weighted by Gasteiger charge is -2.16. The number of nitrogens with zero attached hydrogens (tertiary/aromatic N) is 1. The summed E-state index contributed by atoms with van der Waals surface area (Å²) in [6.45, 7) is 7.65. The highest BCUT2D eigenvalue weighted by molar-refractivity contribution is 14.1. The summed E-state index contributed by atoms with van der Waals surface area (Å²) in [5.41, 5.74) is 3.13. The van der Waals surface area contributed by atoms with Gasteiger partial charge in [0.15, 0.2) is 34.5 Å². The molecule has 0 radical (unpaired) electrons. The van der Waals surface area contributed by atoms with Gasteiger partial charge in [-0.2, -0.15) is 0 Å². The number of hydrogen-bond donors (Lipinski definition) is 1. The maximum Gasteiger partial charge on any atom is 0.192 e. The highest BCUT2D eigenvalue weighted by atomic mass is 127. The van der Waals surface area contributed by atoms with Crippen LogP contribution in [0.15, 0.2) is 73.9 Å². The first-order chi connectivity index (χ1) is 15.2. The van der Waals surface area contributed by atoms with Gasteiger partial charge >= 0.3 is 0 Å². The van der Waals surface area contributed by atoms with Crippen LogP contribution in [0.5, 0.6) is 11.5 Å². The van der Waals surface area contributed by atoms with E-state index in [1.54, 1.807) is 18.4 Å². The van der Waals surface area contributed by atoms with Crippen LogP contribution >= 0.6 is 34.3 Å². The molecule has 31 heavy (non-hydrogen) atoms. The molecule has 0 aliphatic rings. The van der Waals surface area contributed by atoms with E-state index in [2.05, 4.69) is 53.8 Å². The Morgan fingerprint density at radius 2 is 1.77 bits per heavy atom. The van der Waals surface area contributed by atoms with Crippen molar-refractivity contribution in [2.75, 3.05) is 12.4 Å². The summed E-state index contributed by atoms with van der Waals surface area (Å²) in [5, 5.41) is 4.45. The van der Waals surface area contributed by atoms with Gasteiger partial charge in [0.2, 0.25) is 0 Å². The van der Waals surface area contributed by atoms with Crippen LogP contribution in [0.3, 0.4) is 0 Å². The molecule has 0 atom stereocenters. The lowest BCUT2D eigenvalue weighted by atomic mass is 10.1. The minimum Gasteiger partial charge on any atom is -0.493 e. The molecule has 0 saturated heterocycles. The topological polar surface area (TPSA) is 43.4 Å². The molecule has 6 heteroatoms. The quantitative estimate of drug-likeness (QED) is 0.153. The number of benzene rings is 2. The minimum absolute atomic E-state index is 0.327. The summed E-state index contributed by atoms with van der Waals surface area (Å²) >= 11 is 3.47. The van der Waals surface area contributed by atoms with Gasteiger partial charge in [-0.3, -0.25) is 0 Å². The van der Waals surface area contributed by atoms with Gasteiger partial charge in [0.05, 0.1) is 17.3 Å². The van der Waals surface area contributed by atoms with Crippen molar-refractivity contribution in [3.8, 4) is 11.5 Å². The van der Waals surface area contributed by atoms with Crippen molar-refractivity contribution >= 4 is 62.4 Å². The fraction of sp³-hybridized carbons (Fsp3) is 0.160. The maximum absolute atomic E-state index is 5.36. The van der Waals surface area contributed by atoms with E-state index in [0.29, 0.717) is 17.5 Å². The monoisotopic (exact) mass is 544 g/mol. The lowest BCUT2D eigenvalue weighted by molar-refractivity contribution is 0.404. The Bertz CT molecular complexity index is 1040. The van der Waals surface area contributed by atoms with Crippen molar-refractivity contribution in [1.29, 1.82) is 0 Å². The van der Waals surface area contributed by atoms with Crippen LogP contribution in [0.25, 0.3) is 22.4 Å². The van der Waals surface area contributed by atoms with Gasteiger partial charge in [0.1, 0.15) is 5.01 Å². The van der Waals surface area contributed by atoms with Gasteiger partial charge < -0.3 is 13.1 Å². The zero-order chi connectivity index (χ0) is 22.1. The van der Waals surface area contributed by atoms with E-state index in [1.807, 2.05) is 65.5 Å². The number of allylic oxidation sites excluding steroid dienone is 2. The normalized spacial score (nSPS) is 11.5. The van der Waals surface area contributed by atoms with E-state index >= 15 is 0 Å². The van der Waals surface area contributed by atoms with E-state index in [1.165, 1.54) is 0 Å². The molecule has 1 heterocycles. The van der Waals surface area contributed by atoms with Crippen molar-refractivity contribution in [2.45, 2.75) is 18.9 Å². The molecule has 0 unspecified atom stereocenters. The van der Waals surface area contributed by atoms with E-state index in [-0.39, 0.29) is 0 Å². The summed E-state index contributed by atoms with van der Waals surface area (Å²) in [4.78, 5) is 4.65. The van der Waals surface area contributed by atoms with Crippen molar-refractivity contribution in [2.24, 2.45) is 0 Å². The lowest BCUT2D eigenvalue weighted by Crippen LogP contribution is -2.17. The number of hydrogen-bond acceptors (Lipinski definition) is 5. The molecule has 0 bridgehead atoms. The molecule has 0 fully saturated rings. The largest absolute Gasteiger partial charge is 0.493 e. The fourth-order valence-electron chi connectivity index (χ4n) is 3.09. The smallest absolute Gasteiger partial charge is 0.192 e. The fourth-order valence-corrected chi connectivity index (χ4v) is 4.33. The molecule has 1 N–H and O–H groups in total. The standard InChI is InChI=1S/C25H25IN2O2S/c1-4-8-19(9-5-2)27-20-14-12-18(13-15-20)10-6-7-11-25-28-21-16-23(30-26)22(29-3)17-24(21)31-25/h4-7,10-17,19,27H,1-2,8-9H2,3H3/b10-6+,11-7+. The van der Waals surface area contributed by atoms with Crippen LogP contribution in [-0.4, -0.2) is 18.1 Å². The Labute approximate surface area is 201 Å². The Kier molecular flexibility index (Phi) is 8.73. The summed E-state index contributed by atoms with van der Waals surface area (Å²) in [6, 6.07) is 12.6. The van der Waals surface area contributed by atoms with Gasteiger partial charge in [0, 0.05) is 23.9 Å². The number of anilines is 1. The molecular weight excluding hydrogens is 519 g/mol. The van der Waals surface area contributed by atoms with Crippen LogP contribution in [-0.2, 0) is 0 Å². The summed E-state index contributed by atoms with van der Waals surface area (Å²) in [5.74, 6) is 1.38. The molecule has 3 aromatic rings. The highest BCUT2D eigenvalue weighted by Gasteiger charge is 2.10. The van der Waals surface area contributed by atoms with Gasteiger partial charge in [-0.05, 0) is 36.6 Å². The highest BCUT2D eigenvalue weighted by Crippen LogP contribution is 2.36. The van der Waals surface area contributed by atoms with Crippen molar-refractivity contribution in [3.63, 3.8) is 0 Å². The molecule has 0 amide bonds. The van der Waals surface area contributed by atoms with Gasteiger partial charge in [-0.15, -0.1) is 24.5 Å². The third-order valence-corrected chi connectivity index (χ3v) is 6.05. The van der Waals surface area contributed by atoms with Gasteiger partial charge in [-0.25, -0.2) is 4.98 Å². The van der Waals surface area contributed by atoms with Crippen LogP contribution < -0.4 is 13.1 Å². The number of fused-ring (bicyclic) bond motifs is 1. The SMILES string of the molecule is C=CCC(CC=C)Nc1ccc(/C=C/C=C/c2nc3cc(OI)c(OC)cc3s2)cc1. The number of aromatic nitrogens is 1. The molecule has 1 aromatic heterocycles. The molecule has 160 valence electrons. The predicted octanol–water partition coefficient (Wildman–Crippen LogP) is 7.69. The Morgan fingerprint density at radius 1 is 1.06 bits per heavy atom. The molecule has 4 nitrogen and oxygen atoms in total. The third-order valence-electron chi connectivity index (χ3n) is 4.60. The Hall–Kier alpha value is -2.58. The second kappa shape index (κ2) is 11.7. The van der Waals surface area contributed by atoms with Crippen LogP contribution in [0.1, 0.15) is 23.4 Å². The average molecular weight is 544 g/mol. The van der Waals surface area contributed by atoms with Gasteiger partial charge in [-0.1, -0.05) is 42.5 Å². The number of methoxy groups -OCH3 is 1. The van der Waals surface area contributed by atoms with Crippen molar-refractivity contribution in [3.05, 3.63) is 84.4 Å². The Morgan fingerprint density at radius 3 is 2.42 bits per heavy atom. The molecular formula is C25H25IN2O2S. The van der Waals surface area contributed by atoms with Crippen molar-refractivity contribution < 1.29 is 7.80 Å². The molecule has 0 spiro atoms. The number of halogens is 1. The first kappa shape index (κ1) is 23.1. The van der Waals surface area contributed by atoms with Gasteiger partial charge in [0.25, 0.3) is 0 Å². The number of ether oxygens (including phenoxy) is 1. The zero-order valence-corrected chi connectivity index (χ0v) is 20.4. The van der Waals surface area contributed by atoms with E-state index in [4.69, 9.17) is 7.80 Å². The second-order valence-corrected chi connectivity index (χ2v) is 8.33. The minimum atomic E-state index is 0.327. The summed E-state index contributed by atoms with van der Waals surface area (Å²) < 4.78 is 11.7. The first-order valence-electron chi connectivity index (χ1n) is 9.87. The average Bonchev–Trinajstić information content (AvgIpc) is 3.18. The molecule has 0 saturated carbocycles. The van der Waals surface area contributed by atoms with E-state index < -0.39 is 0 Å². The summed E-state index contributed by atoms with van der Waals surface area (Å²) in [7, 11) is 1.64. The van der Waals surface area contributed by atoms with Crippen LogP contribution in [0.4, 0.5) is 5.69 Å². The molecule has 0 aliphatic heterocycles. The second-order valence-electron chi connectivity index (χ2n) is 6.83. The third kappa shape index (κ3) is 6.45. The molecule has 3 rings (SSSR count). The van der Waals surface area contributed by atoms with Crippen molar-refractivity contribution in [1.82, 2.24) is 4.98 Å². The van der Waals surface area contributed by atoms with E-state index in [9.17, 15) is 0 Å². The maximum atomic E-state index is 5.36. The molecule has 0 aliphatic carbocycles. The number of thiazole rings is 1. The number of nitrogens with one attached hydrogen (secondary N) is 1. The van der Waals surface area contributed by atoms with Crippen LogP contribution in [0.2, 0.25) is 0 Å². The zero-order valence-electron chi connectivity index (χ0n) is 17.4. The van der Waals surface area contributed by atoms with E-state index in [0.717, 1.165) is 39.3 Å². The molecule has 2 aromatic carbocycles. The predicted molar refractivity (Wildman–Crippen MR) is 142 cm³/mol. The number of rotatable bonds is 11. The Balaban J connectivity index is 1.63. The summed E-state index contributed by atoms with van der Waals surface area (Å²) in [6.07, 6.45) is 13.8. The van der Waals surface area contributed by atoms with Crippen LogP contribution in [0, 0.1) is 0 Å².